The zero-order chi connectivity index (χ0) is 12.8. The fourth-order valence-electron chi connectivity index (χ4n) is 1.93. The van der Waals surface area contributed by atoms with Crippen molar-refractivity contribution in [2.75, 3.05) is 6.54 Å². The van der Waals surface area contributed by atoms with Gasteiger partial charge in [0.25, 0.3) is 0 Å². The van der Waals surface area contributed by atoms with Gasteiger partial charge in [-0.1, -0.05) is 35.0 Å². The maximum atomic E-state index is 4.05. The summed E-state index contributed by atoms with van der Waals surface area (Å²) >= 11 is 3.48. The zero-order valence-electron chi connectivity index (χ0n) is 10.5. The topological polar surface area (TPSA) is 29.9 Å². The van der Waals surface area contributed by atoms with Crippen LogP contribution in [0.3, 0.4) is 0 Å². The van der Waals surface area contributed by atoms with Crippen LogP contribution in [0, 0.1) is 5.92 Å². The average molecular weight is 308 g/mol. The van der Waals surface area contributed by atoms with Gasteiger partial charge >= 0.3 is 0 Å². The van der Waals surface area contributed by atoms with E-state index in [1.807, 2.05) is 24.8 Å². The minimum Gasteiger partial charge on any atom is -0.337 e. The number of rotatable bonds is 6. The van der Waals surface area contributed by atoms with Crippen molar-refractivity contribution in [2.24, 2.45) is 5.92 Å². The van der Waals surface area contributed by atoms with Crippen molar-refractivity contribution in [2.45, 2.75) is 20.0 Å². The summed E-state index contributed by atoms with van der Waals surface area (Å²) in [5.74, 6) is 0.589. The molecule has 1 N–H and O–H groups in total. The third-order valence-electron chi connectivity index (χ3n) is 2.79. The van der Waals surface area contributed by atoms with Crippen LogP contribution in [0.2, 0.25) is 0 Å². The number of nitrogens with one attached hydrogen (secondary N) is 1. The molecule has 4 heteroatoms. The Balaban J connectivity index is 1.72. The molecule has 0 saturated carbocycles. The van der Waals surface area contributed by atoms with Gasteiger partial charge in [-0.25, -0.2) is 4.98 Å². The van der Waals surface area contributed by atoms with Gasteiger partial charge in [0, 0.05) is 30.0 Å². The Labute approximate surface area is 116 Å². The second-order valence-electron chi connectivity index (χ2n) is 4.63. The van der Waals surface area contributed by atoms with Crippen LogP contribution in [0.25, 0.3) is 0 Å². The van der Waals surface area contributed by atoms with Crippen LogP contribution in [-0.4, -0.2) is 16.1 Å². The fraction of sp³-hybridized carbons (Fsp3) is 0.357. The van der Waals surface area contributed by atoms with Crippen LogP contribution in [0.15, 0.2) is 47.5 Å². The van der Waals surface area contributed by atoms with Crippen LogP contribution in [-0.2, 0) is 13.1 Å². The van der Waals surface area contributed by atoms with E-state index in [1.165, 1.54) is 5.56 Å². The van der Waals surface area contributed by atoms with E-state index < -0.39 is 0 Å². The van der Waals surface area contributed by atoms with E-state index in [9.17, 15) is 0 Å². The highest BCUT2D eigenvalue weighted by atomic mass is 79.9. The molecule has 1 aromatic carbocycles. The molecule has 0 radical (unpaired) electrons. The largest absolute Gasteiger partial charge is 0.337 e. The highest BCUT2D eigenvalue weighted by Gasteiger charge is 2.02. The lowest BCUT2D eigenvalue weighted by Crippen LogP contribution is -2.23. The number of nitrogens with zero attached hydrogens (tertiary/aromatic N) is 2. The predicted octanol–water partition coefficient (Wildman–Crippen LogP) is 3.07. The van der Waals surface area contributed by atoms with E-state index in [2.05, 4.69) is 55.9 Å². The Morgan fingerprint density at radius 1 is 1.44 bits per heavy atom. The lowest BCUT2D eigenvalue weighted by atomic mass is 10.1. The molecule has 0 spiro atoms. The molecule has 1 atom stereocenters. The lowest BCUT2D eigenvalue weighted by molar-refractivity contribution is 0.445. The SMILES string of the molecule is CC(CNCc1cccc(Br)c1)Cn1ccnc1. The van der Waals surface area contributed by atoms with Gasteiger partial charge in [-0.3, -0.25) is 0 Å². The Hall–Kier alpha value is -1.13. The average Bonchev–Trinajstić information content (AvgIpc) is 2.82. The normalized spacial score (nSPS) is 12.6. The van der Waals surface area contributed by atoms with E-state index in [0.717, 1.165) is 24.1 Å². The molecular formula is C14H18BrN3. The predicted molar refractivity (Wildman–Crippen MR) is 77.2 cm³/mol. The highest BCUT2D eigenvalue weighted by Crippen LogP contribution is 2.11. The van der Waals surface area contributed by atoms with Crippen LogP contribution >= 0.6 is 15.9 Å². The second kappa shape index (κ2) is 6.71. The third-order valence-corrected chi connectivity index (χ3v) is 3.29. The van der Waals surface area contributed by atoms with Gasteiger partial charge in [0.2, 0.25) is 0 Å². The van der Waals surface area contributed by atoms with Gasteiger partial charge in [-0.2, -0.15) is 0 Å². The summed E-state index contributed by atoms with van der Waals surface area (Å²) < 4.78 is 3.25. The zero-order valence-corrected chi connectivity index (χ0v) is 12.1. The molecule has 0 saturated heterocycles. The minimum absolute atomic E-state index is 0.589. The quantitative estimate of drug-likeness (QED) is 0.889. The summed E-state index contributed by atoms with van der Waals surface area (Å²) in [4.78, 5) is 4.05. The molecule has 0 fully saturated rings. The van der Waals surface area contributed by atoms with Crippen molar-refractivity contribution in [3.63, 3.8) is 0 Å². The maximum absolute atomic E-state index is 4.05. The number of aromatic nitrogens is 2. The third kappa shape index (κ3) is 4.27. The van der Waals surface area contributed by atoms with Crippen molar-refractivity contribution in [1.29, 1.82) is 0 Å². The molecule has 0 amide bonds. The molecule has 0 bridgehead atoms. The maximum Gasteiger partial charge on any atom is 0.0946 e. The van der Waals surface area contributed by atoms with Crippen molar-refractivity contribution in [3.05, 3.63) is 53.0 Å². The summed E-state index contributed by atoms with van der Waals surface area (Å²) in [7, 11) is 0. The monoisotopic (exact) mass is 307 g/mol. The van der Waals surface area contributed by atoms with E-state index >= 15 is 0 Å². The molecule has 0 aliphatic carbocycles. The molecule has 96 valence electrons. The van der Waals surface area contributed by atoms with Gasteiger partial charge in [-0.05, 0) is 30.2 Å². The molecule has 1 aromatic heterocycles. The summed E-state index contributed by atoms with van der Waals surface area (Å²) in [5, 5.41) is 3.49. The first-order valence-corrected chi connectivity index (χ1v) is 6.94. The van der Waals surface area contributed by atoms with Crippen LogP contribution in [0.1, 0.15) is 12.5 Å². The number of halogens is 1. The van der Waals surface area contributed by atoms with Crippen molar-refractivity contribution < 1.29 is 0 Å². The standard InChI is InChI=1S/C14H18BrN3/c1-12(10-18-6-5-16-11-18)8-17-9-13-3-2-4-14(15)7-13/h2-7,11-12,17H,8-10H2,1H3. The van der Waals surface area contributed by atoms with E-state index in [0.29, 0.717) is 5.92 Å². The summed E-state index contributed by atoms with van der Waals surface area (Å²) in [5.41, 5.74) is 1.30. The molecule has 0 aliphatic heterocycles. The molecule has 3 nitrogen and oxygen atoms in total. The van der Waals surface area contributed by atoms with Crippen molar-refractivity contribution in [3.8, 4) is 0 Å². The fourth-order valence-corrected chi connectivity index (χ4v) is 2.38. The summed E-state index contributed by atoms with van der Waals surface area (Å²) in [6.07, 6.45) is 5.69. The number of hydrogen-bond donors (Lipinski definition) is 1. The number of imidazole rings is 1. The molecule has 0 aliphatic rings. The van der Waals surface area contributed by atoms with Gasteiger partial charge in [0.15, 0.2) is 0 Å². The van der Waals surface area contributed by atoms with Gasteiger partial charge in [0.05, 0.1) is 6.33 Å². The van der Waals surface area contributed by atoms with E-state index in [1.54, 1.807) is 0 Å². The van der Waals surface area contributed by atoms with Crippen molar-refractivity contribution in [1.82, 2.24) is 14.9 Å². The van der Waals surface area contributed by atoms with Gasteiger partial charge < -0.3 is 9.88 Å². The Bertz CT molecular complexity index is 468. The Morgan fingerprint density at radius 3 is 3.06 bits per heavy atom. The van der Waals surface area contributed by atoms with Crippen LogP contribution in [0.5, 0.6) is 0 Å². The molecule has 2 aromatic rings. The Morgan fingerprint density at radius 2 is 2.33 bits per heavy atom. The van der Waals surface area contributed by atoms with Gasteiger partial charge in [-0.15, -0.1) is 0 Å². The second-order valence-corrected chi connectivity index (χ2v) is 5.54. The van der Waals surface area contributed by atoms with Crippen LogP contribution in [0.4, 0.5) is 0 Å². The molecule has 1 heterocycles. The first-order valence-electron chi connectivity index (χ1n) is 6.15. The first-order chi connectivity index (χ1) is 8.74. The van der Waals surface area contributed by atoms with E-state index in [-0.39, 0.29) is 0 Å². The van der Waals surface area contributed by atoms with E-state index in [4.69, 9.17) is 0 Å². The summed E-state index contributed by atoms with van der Waals surface area (Å²) in [6.45, 7) is 5.16. The molecule has 2 rings (SSSR count). The molecular weight excluding hydrogens is 290 g/mol. The number of hydrogen-bond acceptors (Lipinski definition) is 2. The summed E-state index contributed by atoms with van der Waals surface area (Å²) in [6, 6.07) is 8.40. The van der Waals surface area contributed by atoms with Gasteiger partial charge in [0.1, 0.15) is 0 Å². The highest BCUT2D eigenvalue weighted by molar-refractivity contribution is 9.10. The van der Waals surface area contributed by atoms with Crippen LogP contribution < -0.4 is 5.32 Å². The smallest absolute Gasteiger partial charge is 0.0946 e. The minimum atomic E-state index is 0.589. The molecule has 1 unspecified atom stereocenters. The number of benzene rings is 1. The molecule has 18 heavy (non-hydrogen) atoms. The Kier molecular flexibility index (Phi) is 4.96. The van der Waals surface area contributed by atoms with Crippen molar-refractivity contribution >= 4 is 15.9 Å². The lowest BCUT2D eigenvalue weighted by Gasteiger charge is -2.13. The first kappa shape index (κ1) is 13.3.